The molecule has 1 aromatic rings. The highest BCUT2D eigenvalue weighted by atomic mass is 19.1. The highest BCUT2D eigenvalue weighted by molar-refractivity contribution is 5.70. The van der Waals surface area contributed by atoms with Crippen LogP contribution in [0.3, 0.4) is 0 Å². The van der Waals surface area contributed by atoms with Crippen molar-refractivity contribution in [3.63, 3.8) is 0 Å². The van der Waals surface area contributed by atoms with Crippen LogP contribution in [0.4, 0.5) is 4.39 Å². The van der Waals surface area contributed by atoms with E-state index < -0.39 is 18.1 Å². The van der Waals surface area contributed by atoms with E-state index in [-0.39, 0.29) is 12.2 Å². The van der Waals surface area contributed by atoms with Crippen LogP contribution in [0.5, 0.6) is 0 Å². The van der Waals surface area contributed by atoms with Crippen molar-refractivity contribution in [2.75, 3.05) is 14.2 Å². The zero-order valence-electron chi connectivity index (χ0n) is 10.7. The Morgan fingerprint density at radius 2 is 2.22 bits per heavy atom. The Balaban J connectivity index is 2.85. The molecule has 0 aromatic heterocycles. The minimum absolute atomic E-state index is 0.0462. The van der Waals surface area contributed by atoms with Crippen LogP contribution in [-0.2, 0) is 9.53 Å². The van der Waals surface area contributed by atoms with E-state index in [9.17, 15) is 14.3 Å². The van der Waals surface area contributed by atoms with Crippen LogP contribution in [0.2, 0.25) is 0 Å². The fourth-order valence-corrected chi connectivity index (χ4v) is 1.72. The van der Waals surface area contributed by atoms with Crippen LogP contribution in [0.25, 0.3) is 0 Å². The van der Waals surface area contributed by atoms with Crippen LogP contribution in [0.15, 0.2) is 18.2 Å². The van der Waals surface area contributed by atoms with Gasteiger partial charge in [-0.25, -0.2) is 4.39 Å². The number of hydrogen-bond acceptors (Lipinski definition) is 4. The average molecular weight is 255 g/mol. The fourth-order valence-electron chi connectivity index (χ4n) is 1.72. The molecule has 0 bridgehead atoms. The third-order valence-corrected chi connectivity index (χ3v) is 2.89. The number of benzene rings is 1. The molecular formula is C13H18FNO3. The maximum absolute atomic E-state index is 13.1. The van der Waals surface area contributed by atoms with E-state index >= 15 is 0 Å². The minimum Gasteiger partial charge on any atom is -0.469 e. The van der Waals surface area contributed by atoms with E-state index in [1.54, 1.807) is 20.0 Å². The number of carbonyl (C=O) groups excluding carboxylic acids is 1. The molecule has 0 aliphatic heterocycles. The van der Waals surface area contributed by atoms with E-state index in [4.69, 9.17) is 0 Å². The normalized spacial score (nSPS) is 14.1. The topological polar surface area (TPSA) is 58.6 Å². The number of aliphatic hydroxyl groups excluding tert-OH is 1. The number of esters is 1. The molecule has 0 radical (unpaired) electrons. The van der Waals surface area contributed by atoms with Crippen LogP contribution in [-0.4, -0.2) is 31.3 Å². The minimum atomic E-state index is -0.895. The Kier molecular flexibility index (Phi) is 5.25. The molecule has 0 spiro atoms. The molecule has 2 N–H and O–H groups in total. The van der Waals surface area contributed by atoms with Gasteiger partial charge in [-0.3, -0.25) is 4.79 Å². The predicted octanol–water partition coefficient (Wildman–Crippen LogP) is 1.32. The standard InChI is InChI=1S/C13H18FNO3/c1-8-6-9(4-5-10(8)14)13(17)11(15-2)7-12(16)18-3/h4-6,11,13,15,17H,7H2,1-3H3. The second kappa shape index (κ2) is 6.47. The van der Waals surface area contributed by atoms with E-state index in [2.05, 4.69) is 10.1 Å². The number of aliphatic hydroxyl groups is 1. The van der Waals surface area contributed by atoms with Crippen molar-refractivity contribution < 1.29 is 19.0 Å². The van der Waals surface area contributed by atoms with E-state index in [1.807, 2.05) is 0 Å². The summed E-state index contributed by atoms with van der Waals surface area (Å²) in [7, 11) is 2.94. The molecular weight excluding hydrogens is 237 g/mol. The van der Waals surface area contributed by atoms with Crippen molar-refractivity contribution in [3.8, 4) is 0 Å². The Bertz CT molecular complexity index is 423. The first-order valence-corrected chi connectivity index (χ1v) is 5.67. The zero-order valence-corrected chi connectivity index (χ0v) is 10.7. The van der Waals surface area contributed by atoms with Gasteiger partial charge in [-0.15, -0.1) is 0 Å². The van der Waals surface area contributed by atoms with Crippen LogP contribution in [0, 0.1) is 12.7 Å². The zero-order chi connectivity index (χ0) is 13.7. The average Bonchev–Trinajstić information content (AvgIpc) is 2.38. The number of hydrogen-bond donors (Lipinski definition) is 2. The maximum atomic E-state index is 13.1. The molecule has 0 aliphatic rings. The largest absolute Gasteiger partial charge is 0.469 e. The number of ether oxygens (including phenoxy) is 1. The lowest BCUT2D eigenvalue weighted by atomic mass is 9.98. The Labute approximate surface area is 106 Å². The summed E-state index contributed by atoms with van der Waals surface area (Å²) in [5.41, 5.74) is 1.02. The Morgan fingerprint density at radius 3 is 2.72 bits per heavy atom. The summed E-state index contributed by atoms with van der Waals surface area (Å²) >= 11 is 0. The van der Waals surface area contributed by atoms with Crippen LogP contribution >= 0.6 is 0 Å². The molecule has 1 rings (SSSR count). The second-order valence-corrected chi connectivity index (χ2v) is 4.13. The number of likely N-dealkylation sites (N-methyl/N-ethyl adjacent to an activating group) is 1. The third kappa shape index (κ3) is 3.51. The van der Waals surface area contributed by atoms with E-state index in [0.29, 0.717) is 11.1 Å². The molecule has 0 aliphatic carbocycles. The summed E-state index contributed by atoms with van der Waals surface area (Å²) in [4.78, 5) is 11.2. The lowest BCUT2D eigenvalue weighted by Crippen LogP contribution is -2.34. The Morgan fingerprint density at radius 1 is 1.56 bits per heavy atom. The number of carbonyl (C=O) groups is 1. The van der Waals surface area contributed by atoms with Gasteiger partial charge in [0.05, 0.1) is 19.6 Å². The quantitative estimate of drug-likeness (QED) is 0.779. The van der Waals surface area contributed by atoms with Gasteiger partial charge >= 0.3 is 5.97 Å². The second-order valence-electron chi connectivity index (χ2n) is 4.13. The van der Waals surface area contributed by atoms with Crippen LogP contribution in [0.1, 0.15) is 23.7 Å². The van der Waals surface area contributed by atoms with Gasteiger partial charge in [0.25, 0.3) is 0 Å². The van der Waals surface area contributed by atoms with Crippen molar-refractivity contribution in [2.45, 2.75) is 25.5 Å². The highest BCUT2D eigenvalue weighted by Gasteiger charge is 2.23. The monoisotopic (exact) mass is 255 g/mol. The lowest BCUT2D eigenvalue weighted by Gasteiger charge is -2.22. The third-order valence-electron chi connectivity index (χ3n) is 2.89. The molecule has 18 heavy (non-hydrogen) atoms. The number of halogens is 1. The summed E-state index contributed by atoms with van der Waals surface area (Å²) in [5.74, 6) is -0.729. The summed E-state index contributed by atoms with van der Waals surface area (Å²) in [5, 5.41) is 13.0. The predicted molar refractivity (Wildman–Crippen MR) is 65.6 cm³/mol. The van der Waals surface area contributed by atoms with Gasteiger partial charge in [0.1, 0.15) is 5.82 Å². The molecule has 0 fully saturated rings. The molecule has 0 heterocycles. The van der Waals surface area contributed by atoms with Crippen molar-refractivity contribution in [1.82, 2.24) is 5.32 Å². The molecule has 0 amide bonds. The molecule has 2 atom stereocenters. The molecule has 4 nitrogen and oxygen atoms in total. The first kappa shape index (κ1) is 14.6. The number of nitrogens with one attached hydrogen (secondary N) is 1. The SMILES string of the molecule is CNC(CC(=O)OC)C(O)c1ccc(F)c(C)c1. The molecule has 100 valence electrons. The van der Waals surface area contributed by atoms with Crippen molar-refractivity contribution >= 4 is 5.97 Å². The molecule has 5 heteroatoms. The number of aryl methyl sites for hydroxylation is 1. The van der Waals surface area contributed by atoms with Crippen molar-refractivity contribution in [1.29, 1.82) is 0 Å². The lowest BCUT2D eigenvalue weighted by molar-refractivity contribution is -0.142. The first-order chi connectivity index (χ1) is 8.49. The van der Waals surface area contributed by atoms with Gasteiger partial charge in [0.2, 0.25) is 0 Å². The van der Waals surface area contributed by atoms with Crippen LogP contribution < -0.4 is 5.32 Å². The Hall–Kier alpha value is -1.46. The smallest absolute Gasteiger partial charge is 0.307 e. The molecule has 0 saturated carbocycles. The number of methoxy groups -OCH3 is 1. The first-order valence-electron chi connectivity index (χ1n) is 5.67. The summed E-state index contributed by atoms with van der Waals surface area (Å²) in [6.45, 7) is 1.63. The summed E-state index contributed by atoms with van der Waals surface area (Å²) in [6, 6.07) is 3.91. The number of rotatable bonds is 5. The van der Waals surface area contributed by atoms with Gasteiger partial charge < -0.3 is 15.2 Å². The molecule has 0 saturated heterocycles. The highest BCUT2D eigenvalue weighted by Crippen LogP contribution is 2.21. The van der Waals surface area contributed by atoms with Gasteiger partial charge in [-0.2, -0.15) is 0 Å². The summed E-state index contributed by atoms with van der Waals surface area (Å²) < 4.78 is 17.7. The van der Waals surface area contributed by atoms with Gasteiger partial charge in [-0.1, -0.05) is 12.1 Å². The fraction of sp³-hybridized carbons (Fsp3) is 0.462. The van der Waals surface area contributed by atoms with Gasteiger partial charge in [0, 0.05) is 6.04 Å². The van der Waals surface area contributed by atoms with Gasteiger partial charge in [-0.05, 0) is 31.2 Å². The van der Waals surface area contributed by atoms with E-state index in [0.717, 1.165) is 0 Å². The van der Waals surface area contributed by atoms with Crippen molar-refractivity contribution in [2.24, 2.45) is 0 Å². The van der Waals surface area contributed by atoms with E-state index in [1.165, 1.54) is 19.2 Å². The van der Waals surface area contributed by atoms with Crippen molar-refractivity contribution in [3.05, 3.63) is 35.1 Å². The molecule has 2 unspecified atom stereocenters. The maximum Gasteiger partial charge on any atom is 0.307 e. The molecule has 1 aromatic carbocycles. The van der Waals surface area contributed by atoms with Gasteiger partial charge in [0.15, 0.2) is 0 Å². The summed E-state index contributed by atoms with van der Waals surface area (Å²) in [6.07, 6.45) is -0.849.